The number of anilines is 1. The first-order valence-corrected chi connectivity index (χ1v) is 7.52. The van der Waals surface area contributed by atoms with Crippen molar-refractivity contribution in [2.45, 2.75) is 18.0 Å². The lowest BCUT2D eigenvalue weighted by Crippen LogP contribution is -2.53. The van der Waals surface area contributed by atoms with Crippen LogP contribution in [0.15, 0.2) is 24.3 Å². The van der Waals surface area contributed by atoms with Crippen LogP contribution in [0.1, 0.15) is 5.56 Å². The Morgan fingerprint density at radius 3 is 2.08 bits per heavy atom. The second-order valence-corrected chi connectivity index (χ2v) is 5.51. The third-order valence-electron chi connectivity index (χ3n) is 3.08. The molecule has 11 heteroatoms. The molecule has 24 heavy (non-hydrogen) atoms. The fourth-order valence-electron chi connectivity index (χ4n) is 1.65. The minimum Gasteiger partial charge on any atom is -0.350 e. The normalized spacial score (nSPS) is 14.9. The number of hydrogen-bond acceptors (Lipinski definition) is 2. The Hall–Kier alpha value is -1.49. The topological polar surface area (TPSA) is 52.6 Å². The third-order valence-corrected chi connectivity index (χ3v) is 3.48. The van der Waals surface area contributed by atoms with E-state index in [4.69, 9.17) is 5.11 Å². The van der Waals surface area contributed by atoms with Crippen molar-refractivity contribution in [1.82, 2.24) is 5.32 Å². The van der Waals surface area contributed by atoms with Gasteiger partial charge >= 0.3 is 24.0 Å². The maximum Gasteiger partial charge on any atom is 0.455 e. The molecule has 1 aromatic carbocycles. The van der Waals surface area contributed by atoms with Crippen LogP contribution in [0, 0.1) is 0 Å². The molecule has 2 N–H and O–H groups in total. The molecule has 0 aliphatic rings. The zero-order valence-electron chi connectivity index (χ0n) is 12.2. The van der Waals surface area contributed by atoms with Crippen LogP contribution in [0.5, 0.6) is 0 Å². The Labute approximate surface area is 141 Å². The number of carbonyl (C=O) groups is 1. The zero-order valence-corrected chi connectivity index (χ0v) is 13.8. The van der Waals surface area contributed by atoms with E-state index in [2.05, 4.69) is 21.2 Å². The van der Waals surface area contributed by atoms with Crippen molar-refractivity contribution in [2.24, 2.45) is 0 Å². The number of benzene rings is 1. The van der Waals surface area contributed by atoms with Crippen LogP contribution in [0.4, 0.5) is 36.8 Å². The van der Waals surface area contributed by atoms with Gasteiger partial charge in [0, 0.05) is 30.2 Å². The molecule has 1 unspecified atom stereocenters. The molecule has 0 aliphatic heterocycles. The number of carbonyl (C=O) groups excluding carboxylic acids is 1. The molecule has 1 rings (SSSR count). The molecule has 136 valence electrons. The summed E-state index contributed by atoms with van der Waals surface area (Å²) >= 11 is 3.08. The Balaban J connectivity index is 3.04. The molecule has 1 aromatic rings. The first-order valence-electron chi connectivity index (χ1n) is 6.40. The van der Waals surface area contributed by atoms with E-state index in [1.54, 1.807) is 0 Å². The van der Waals surface area contributed by atoms with Crippen LogP contribution in [-0.4, -0.2) is 42.1 Å². The summed E-state index contributed by atoms with van der Waals surface area (Å²) in [5.41, 5.74) is -1.31. The Kier molecular flexibility index (Phi) is 6.15. The van der Waals surface area contributed by atoms with Gasteiger partial charge < -0.3 is 10.4 Å². The number of urea groups is 1. The van der Waals surface area contributed by atoms with Gasteiger partial charge in [-0.15, -0.1) is 0 Å². The van der Waals surface area contributed by atoms with Crippen molar-refractivity contribution in [2.75, 3.05) is 23.8 Å². The van der Waals surface area contributed by atoms with E-state index in [-0.39, 0.29) is 5.69 Å². The van der Waals surface area contributed by atoms with E-state index >= 15 is 0 Å². The van der Waals surface area contributed by atoms with Crippen LogP contribution < -0.4 is 10.2 Å². The van der Waals surface area contributed by atoms with Crippen molar-refractivity contribution in [1.29, 1.82) is 0 Å². The molecular formula is C13H13BrF6N2O2. The zero-order chi connectivity index (χ0) is 18.8. The molecule has 0 spiro atoms. The number of rotatable bonds is 5. The van der Waals surface area contributed by atoms with E-state index in [9.17, 15) is 31.1 Å². The average molecular weight is 423 g/mol. The summed E-state index contributed by atoms with van der Waals surface area (Å²) in [6.45, 7) is 0.291. The number of amides is 2. The molecule has 0 aliphatic carbocycles. The monoisotopic (exact) mass is 422 g/mol. The lowest BCUT2D eigenvalue weighted by Gasteiger charge is -2.30. The molecular weight excluding hydrogens is 410 g/mol. The van der Waals surface area contributed by atoms with Crippen molar-refractivity contribution in [3.05, 3.63) is 29.8 Å². The molecule has 0 fully saturated rings. The number of nitrogens with zero attached hydrogens (tertiary/aromatic N) is 1. The molecule has 2 amide bonds. The second-order valence-electron chi connectivity index (χ2n) is 4.72. The van der Waals surface area contributed by atoms with Gasteiger partial charge in [0.25, 0.3) is 0 Å². The molecule has 4 nitrogen and oxygen atoms in total. The first-order chi connectivity index (χ1) is 10.9. The fourth-order valence-corrected chi connectivity index (χ4v) is 1.85. The van der Waals surface area contributed by atoms with Crippen LogP contribution in [0.2, 0.25) is 0 Å². The number of halogens is 7. The number of hydrogen-bond donors (Lipinski definition) is 2. The van der Waals surface area contributed by atoms with E-state index in [0.29, 0.717) is 24.0 Å². The minimum atomic E-state index is -6.18. The summed E-state index contributed by atoms with van der Waals surface area (Å²) in [4.78, 5) is 12.7. The maximum atomic E-state index is 13.6. The van der Waals surface area contributed by atoms with Crippen LogP contribution >= 0.6 is 15.9 Å². The maximum absolute atomic E-state index is 13.6. The van der Waals surface area contributed by atoms with Crippen molar-refractivity contribution in [3.63, 3.8) is 0 Å². The predicted molar refractivity (Wildman–Crippen MR) is 78.0 cm³/mol. The summed E-state index contributed by atoms with van der Waals surface area (Å²) < 4.78 is 77.3. The van der Waals surface area contributed by atoms with Crippen molar-refractivity contribution < 1.29 is 36.2 Å². The Morgan fingerprint density at radius 1 is 1.17 bits per heavy atom. The number of aliphatic hydroxyl groups is 1. The summed E-state index contributed by atoms with van der Waals surface area (Å²) in [5.74, 6) is -10.9. The Morgan fingerprint density at radius 2 is 1.67 bits per heavy atom. The molecule has 0 heterocycles. The number of alkyl halides is 7. The summed E-state index contributed by atoms with van der Waals surface area (Å²) in [6, 6.07) is 2.23. The van der Waals surface area contributed by atoms with Crippen LogP contribution in [0.3, 0.4) is 0 Å². The highest BCUT2D eigenvalue weighted by molar-refractivity contribution is 9.09. The second kappa shape index (κ2) is 7.18. The first kappa shape index (κ1) is 20.6. The number of nitrogens with one attached hydrogen (secondary N) is 1. The van der Waals surface area contributed by atoms with Gasteiger partial charge in [-0.3, -0.25) is 4.90 Å². The van der Waals surface area contributed by atoms with Gasteiger partial charge in [0.05, 0.1) is 0 Å². The molecule has 0 bridgehead atoms. The SMILES string of the molecule is CN(C(=O)NCCBr)c1ccc(C(F)(F)C(O)(F)C(F)(F)F)cc1. The van der Waals surface area contributed by atoms with Crippen LogP contribution in [-0.2, 0) is 5.92 Å². The molecule has 0 aromatic heterocycles. The highest BCUT2D eigenvalue weighted by Gasteiger charge is 2.71. The summed E-state index contributed by atoms with van der Waals surface area (Å²) in [7, 11) is 1.30. The van der Waals surface area contributed by atoms with Gasteiger partial charge in [-0.25, -0.2) is 4.79 Å². The molecule has 0 saturated heterocycles. The molecule has 0 radical (unpaired) electrons. The van der Waals surface area contributed by atoms with Gasteiger partial charge in [-0.2, -0.15) is 26.3 Å². The minimum absolute atomic E-state index is 0.0797. The highest BCUT2D eigenvalue weighted by atomic mass is 79.9. The van der Waals surface area contributed by atoms with Gasteiger partial charge in [0.1, 0.15) is 0 Å². The largest absolute Gasteiger partial charge is 0.455 e. The van der Waals surface area contributed by atoms with E-state index < -0.39 is 29.5 Å². The van der Waals surface area contributed by atoms with Gasteiger partial charge in [0.2, 0.25) is 0 Å². The van der Waals surface area contributed by atoms with Crippen molar-refractivity contribution in [3.8, 4) is 0 Å². The van der Waals surface area contributed by atoms with Crippen molar-refractivity contribution >= 4 is 27.6 Å². The van der Waals surface area contributed by atoms with Gasteiger partial charge in [0.15, 0.2) is 0 Å². The molecule has 1 atom stereocenters. The molecule has 0 saturated carbocycles. The lowest BCUT2D eigenvalue weighted by atomic mass is 10.0. The lowest BCUT2D eigenvalue weighted by molar-refractivity contribution is -0.390. The average Bonchev–Trinajstić information content (AvgIpc) is 2.50. The van der Waals surface area contributed by atoms with E-state index in [0.717, 1.165) is 17.0 Å². The Bertz CT molecular complexity index is 577. The van der Waals surface area contributed by atoms with E-state index in [1.165, 1.54) is 7.05 Å². The quantitative estimate of drug-likeness (QED) is 0.563. The summed E-state index contributed by atoms with van der Waals surface area (Å²) in [5, 5.41) is 11.5. The van der Waals surface area contributed by atoms with Gasteiger partial charge in [-0.1, -0.05) is 28.1 Å². The standard InChI is InChI=1S/C13H13BrF6N2O2/c1-22(10(23)21-7-6-14)9-4-2-8(3-5-9)11(15,16)12(17,24)13(18,19)20/h2-5,24H,6-7H2,1H3,(H,21,23). The van der Waals surface area contributed by atoms with Crippen LogP contribution in [0.25, 0.3) is 0 Å². The van der Waals surface area contributed by atoms with E-state index in [1.807, 2.05) is 0 Å². The smallest absolute Gasteiger partial charge is 0.350 e. The fraction of sp³-hybridized carbons (Fsp3) is 0.462. The third kappa shape index (κ3) is 3.94. The van der Waals surface area contributed by atoms with Gasteiger partial charge in [-0.05, 0) is 12.1 Å². The highest BCUT2D eigenvalue weighted by Crippen LogP contribution is 2.49. The predicted octanol–water partition coefficient (Wildman–Crippen LogP) is 3.54. The summed E-state index contributed by atoms with van der Waals surface area (Å²) in [6.07, 6.45) is -6.18.